The van der Waals surface area contributed by atoms with Gasteiger partial charge in [-0.05, 0) is 26.0 Å². The third-order valence-electron chi connectivity index (χ3n) is 2.62. The molecule has 1 unspecified atom stereocenters. The van der Waals surface area contributed by atoms with Crippen LogP contribution < -0.4 is 5.32 Å². The Morgan fingerprint density at radius 1 is 1.44 bits per heavy atom. The molecule has 5 heteroatoms. The number of oxazole rings is 1. The topological polar surface area (TPSA) is 51.2 Å². The molecule has 0 aliphatic rings. The number of thioether (sulfide) groups is 1. The quantitative estimate of drug-likeness (QED) is 0.814. The molecule has 1 N–H and O–H groups in total. The van der Waals surface area contributed by atoms with Crippen LogP contribution in [0.25, 0.3) is 0 Å². The molecule has 0 aromatic carbocycles. The van der Waals surface area contributed by atoms with Gasteiger partial charge >= 0.3 is 0 Å². The maximum absolute atomic E-state index is 5.54. The van der Waals surface area contributed by atoms with Crippen molar-refractivity contribution in [1.29, 1.82) is 0 Å². The standard InChI is InChI=1S/C13H18N2O2S/c1-9(7-14-8-12-5-4-6-16-12)18-13-15-10(2)11(3)17-13/h4-6,9,14H,7-8H2,1-3H3. The molecule has 4 nitrogen and oxygen atoms in total. The number of aryl methyl sites for hydroxylation is 2. The van der Waals surface area contributed by atoms with Gasteiger partial charge in [-0.1, -0.05) is 18.7 Å². The van der Waals surface area contributed by atoms with Crippen LogP contribution >= 0.6 is 11.8 Å². The third-order valence-corrected chi connectivity index (χ3v) is 3.57. The van der Waals surface area contributed by atoms with Crippen molar-refractivity contribution in [3.63, 3.8) is 0 Å². The van der Waals surface area contributed by atoms with E-state index in [2.05, 4.69) is 17.2 Å². The van der Waals surface area contributed by atoms with Gasteiger partial charge in [0, 0.05) is 11.8 Å². The van der Waals surface area contributed by atoms with Gasteiger partial charge in [-0.25, -0.2) is 4.98 Å². The molecule has 2 rings (SSSR count). The fraction of sp³-hybridized carbons (Fsp3) is 0.462. The Hall–Kier alpha value is -1.20. The van der Waals surface area contributed by atoms with Crippen LogP contribution in [0.3, 0.4) is 0 Å². The van der Waals surface area contributed by atoms with E-state index < -0.39 is 0 Å². The number of aromatic nitrogens is 1. The molecule has 98 valence electrons. The molecule has 0 fully saturated rings. The Morgan fingerprint density at radius 2 is 2.28 bits per heavy atom. The summed E-state index contributed by atoms with van der Waals surface area (Å²) < 4.78 is 10.8. The van der Waals surface area contributed by atoms with Crippen LogP contribution in [0.4, 0.5) is 0 Å². The van der Waals surface area contributed by atoms with Gasteiger partial charge in [0.15, 0.2) is 0 Å². The van der Waals surface area contributed by atoms with Crippen LogP contribution in [0.1, 0.15) is 24.1 Å². The molecule has 0 saturated heterocycles. The van der Waals surface area contributed by atoms with Crippen LogP contribution in [0.15, 0.2) is 32.5 Å². The zero-order chi connectivity index (χ0) is 13.0. The summed E-state index contributed by atoms with van der Waals surface area (Å²) in [4.78, 5) is 4.36. The highest BCUT2D eigenvalue weighted by molar-refractivity contribution is 7.99. The summed E-state index contributed by atoms with van der Waals surface area (Å²) in [6.07, 6.45) is 1.69. The summed E-state index contributed by atoms with van der Waals surface area (Å²) in [6, 6.07) is 3.86. The van der Waals surface area contributed by atoms with Crippen molar-refractivity contribution in [3.05, 3.63) is 35.6 Å². The normalized spacial score (nSPS) is 12.8. The second kappa shape index (κ2) is 6.11. The number of hydrogen-bond donors (Lipinski definition) is 1. The molecule has 0 aliphatic carbocycles. The predicted molar refractivity (Wildman–Crippen MR) is 71.7 cm³/mol. The van der Waals surface area contributed by atoms with Gasteiger partial charge < -0.3 is 14.2 Å². The van der Waals surface area contributed by atoms with Crippen molar-refractivity contribution in [2.45, 2.75) is 37.8 Å². The summed E-state index contributed by atoms with van der Waals surface area (Å²) in [6.45, 7) is 7.68. The average Bonchev–Trinajstić information content (AvgIpc) is 2.90. The first-order valence-electron chi connectivity index (χ1n) is 5.99. The van der Waals surface area contributed by atoms with Crippen LogP contribution in [-0.4, -0.2) is 16.8 Å². The Labute approximate surface area is 111 Å². The van der Waals surface area contributed by atoms with Crippen molar-refractivity contribution >= 4 is 11.8 Å². The van der Waals surface area contributed by atoms with E-state index in [1.54, 1.807) is 18.0 Å². The van der Waals surface area contributed by atoms with E-state index in [1.807, 2.05) is 26.0 Å². The van der Waals surface area contributed by atoms with Crippen molar-refractivity contribution in [3.8, 4) is 0 Å². The van der Waals surface area contributed by atoms with Crippen LogP contribution in [0, 0.1) is 13.8 Å². The zero-order valence-corrected chi connectivity index (χ0v) is 11.7. The fourth-order valence-electron chi connectivity index (χ4n) is 1.52. The average molecular weight is 266 g/mol. The van der Waals surface area contributed by atoms with Crippen LogP contribution in [0.2, 0.25) is 0 Å². The van der Waals surface area contributed by atoms with Crippen LogP contribution in [0.5, 0.6) is 0 Å². The number of nitrogens with one attached hydrogen (secondary N) is 1. The van der Waals surface area contributed by atoms with Crippen molar-refractivity contribution in [1.82, 2.24) is 10.3 Å². The second-order valence-corrected chi connectivity index (χ2v) is 5.65. The molecule has 2 aromatic rings. The minimum atomic E-state index is 0.400. The minimum absolute atomic E-state index is 0.400. The lowest BCUT2D eigenvalue weighted by Crippen LogP contribution is -2.22. The lowest BCUT2D eigenvalue weighted by Gasteiger charge is -2.08. The lowest BCUT2D eigenvalue weighted by atomic mass is 10.4. The molecular weight excluding hydrogens is 248 g/mol. The van der Waals surface area contributed by atoms with Crippen molar-refractivity contribution in [2.75, 3.05) is 6.54 Å². The second-order valence-electron chi connectivity index (χ2n) is 4.26. The lowest BCUT2D eigenvalue weighted by molar-refractivity contribution is 0.429. The van der Waals surface area contributed by atoms with Gasteiger partial charge in [0.25, 0.3) is 5.22 Å². The highest BCUT2D eigenvalue weighted by atomic mass is 32.2. The first kappa shape index (κ1) is 13.2. The molecule has 2 aromatic heterocycles. The molecule has 18 heavy (non-hydrogen) atoms. The molecule has 2 heterocycles. The maximum atomic E-state index is 5.54. The summed E-state index contributed by atoms with van der Waals surface area (Å²) in [5.41, 5.74) is 0.966. The van der Waals surface area contributed by atoms with E-state index in [0.717, 1.165) is 35.5 Å². The highest BCUT2D eigenvalue weighted by Gasteiger charge is 2.11. The van der Waals surface area contributed by atoms with Crippen molar-refractivity contribution < 1.29 is 8.83 Å². The maximum Gasteiger partial charge on any atom is 0.256 e. The number of nitrogens with zero attached hydrogens (tertiary/aromatic N) is 1. The van der Waals surface area contributed by atoms with Gasteiger partial charge in [0.1, 0.15) is 11.5 Å². The number of hydrogen-bond acceptors (Lipinski definition) is 5. The smallest absolute Gasteiger partial charge is 0.256 e. The molecule has 0 aliphatic heterocycles. The number of rotatable bonds is 6. The predicted octanol–water partition coefficient (Wildman–Crippen LogP) is 3.15. The fourth-order valence-corrected chi connectivity index (χ4v) is 2.43. The van der Waals surface area contributed by atoms with Gasteiger partial charge in [0.2, 0.25) is 0 Å². The Kier molecular flexibility index (Phi) is 4.49. The van der Waals surface area contributed by atoms with Gasteiger partial charge in [0.05, 0.1) is 18.5 Å². The summed E-state index contributed by atoms with van der Waals surface area (Å²) in [5.74, 6) is 1.85. The van der Waals surface area contributed by atoms with E-state index >= 15 is 0 Å². The summed E-state index contributed by atoms with van der Waals surface area (Å²) in [5, 5.41) is 4.49. The van der Waals surface area contributed by atoms with E-state index in [4.69, 9.17) is 8.83 Å². The molecule has 0 radical (unpaired) electrons. The molecule has 0 saturated carbocycles. The SMILES string of the molecule is Cc1nc(SC(C)CNCc2ccco2)oc1C. The number of furan rings is 1. The molecular formula is C13H18N2O2S. The van der Waals surface area contributed by atoms with Crippen molar-refractivity contribution in [2.24, 2.45) is 0 Å². The van der Waals surface area contributed by atoms with E-state index in [0.29, 0.717) is 5.25 Å². The molecule has 1 atom stereocenters. The first-order chi connectivity index (χ1) is 8.65. The zero-order valence-electron chi connectivity index (χ0n) is 10.9. The van der Waals surface area contributed by atoms with Gasteiger partial charge in [-0.3, -0.25) is 0 Å². The molecule has 0 amide bonds. The van der Waals surface area contributed by atoms with Crippen LogP contribution in [-0.2, 0) is 6.54 Å². The Morgan fingerprint density at radius 3 is 2.89 bits per heavy atom. The summed E-state index contributed by atoms with van der Waals surface area (Å²) in [7, 11) is 0. The molecule has 0 spiro atoms. The highest BCUT2D eigenvalue weighted by Crippen LogP contribution is 2.24. The van der Waals surface area contributed by atoms with Gasteiger partial charge in [-0.2, -0.15) is 0 Å². The Balaban J connectivity index is 1.73. The van der Waals surface area contributed by atoms with E-state index in [1.165, 1.54) is 0 Å². The largest absolute Gasteiger partial charge is 0.468 e. The summed E-state index contributed by atoms with van der Waals surface area (Å²) >= 11 is 1.64. The molecule has 0 bridgehead atoms. The Bertz CT molecular complexity index is 460. The third kappa shape index (κ3) is 3.65. The van der Waals surface area contributed by atoms with Gasteiger partial charge in [-0.15, -0.1) is 0 Å². The minimum Gasteiger partial charge on any atom is -0.468 e. The van der Waals surface area contributed by atoms with E-state index in [-0.39, 0.29) is 0 Å². The first-order valence-corrected chi connectivity index (χ1v) is 6.87. The van der Waals surface area contributed by atoms with E-state index in [9.17, 15) is 0 Å². The monoisotopic (exact) mass is 266 g/mol.